The maximum Gasteiger partial charge on any atom is 0.195 e. The summed E-state index contributed by atoms with van der Waals surface area (Å²) in [6, 6.07) is 0. The second-order valence-electron chi connectivity index (χ2n) is 5.00. The van der Waals surface area contributed by atoms with Crippen molar-refractivity contribution in [1.82, 2.24) is 14.8 Å². The molecule has 1 aromatic rings. The largest absolute Gasteiger partial charge is 0.376 e. The smallest absolute Gasteiger partial charge is 0.195 e. The summed E-state index contributed by atoms with van der Waals surface area (Å²) in [6.45, 7) is 3.98. The van der Waals surface area contributed by atoms with E-state index in [9.17, 15) is 0 Å². The van der Waals surface area contributed by atoms with Crippen LogP contribution in [0.3, 0.4) is 0 Å². The Hall–Kier alpha value is -0.680. The Labute approximate surface area is 114 Å². The molecule has 4 nitrogen and oxygen atoms in total. The van der Waals surface area contributed by atoms with Crippen LogP contribution >= 0.6 is 12.2 Å². The molecule has 5 heteroatoms. The molecule has 1 saturated heterocycles. The normalized spacial score (nSPS) is 19.5. The number of nitrogens with one attached hydrogen (secondary N) is 1. The van der Waals surface area contributed by atoms with Gasteiger partial charge in [0.25, 0.3) is 0 Å². The van der Waals surface area contributed by atoms with Crippen molar-refractivity contribution in [3.63, 3.8) is 0 Å². The van der Waals surface area contributed by atoms with Gasteiger partial charge in [0.05, 0.1) is 12.6 Å². The maximum absolute atomic E-state index is 5.67. The summed E-state index contributed by atoms with van der Waals surface area (Å²) in [7, 11) is 0. The van der Waals surface area contributed by atoms with Crippen molar-refractivity contribution in [2.75, 3.05) is 6.61 Å². The van der Waals surface area contributed by atoms with E-state index in [1.54, 1.807) is 0 Å². The third kappa shape index (κ3) is 3.65. The van der Waals surface area contributed by atoms with E-state index in [2.05, 4.69) is 21.7 Å². The number of nitrogens with zero attached hydrogens (tertiary/aromatic N) is 2. The third-order valence-corrected chi connectivity index (χ3v) is 3.81. The van der Waals surface area contributed by atoms with Gasteiger partial charge in [-0.05, 0) is 31.5 Å². The molecule has 1 fully saturated rings. The quantitative estimate of drug-likeness (QED) is 0.610. The van der Waals surface area contributed by atoms with Crippen LogP contribution in [0.2, 0.25) is 0 Å². The van der Waals surface area contributed by atoms with Gasteiger partial charge in [0.15, 0.2) is 4.77 Å². The lowest BCUT2D eigenvalue weighted by Gasteiger charge is -2.12. The molecule has 1 aliphatic heterocycles. The lowest BCUT2D eigenvalue weighted by Crippen LogP contribution is -2.17. The van der Waals surface area contributed by atoms with Crippen molar-refractivity contribution in [2.45, 2.75) is 64.5 Å². The Morgan fingerprint density at radius 3 is 3.06 bits per heavy atom. The van der Waals surface area contributed by atoms with Gasteiger partial charge in [-0.2, -0.15) is 5.10 Å². The van der Waals surface area contributed by atoms with Crippen molar-refractivity contribution in [1.29, 1.82) is 0 Å². The molecule has 1 aliphatic rings. The number of aromatic amines is 1. The summed E-state index contributed by atoms with van der Waals surface area (Å²) < 4.78 is 8.53. The second-order valence-corrected chi connectivity index (χ2v) is 5.39. The number of ether oxygens (including phenoxy) is 1. The molecule has 102 valence electrons. The highest BCUT2D eigenvalue weighted by Crippen LogP contribution is 2.15. The summed E-state index contributed by atoms with van der Waals surface area (Å²) in [5, 5.41) is 7.26. The lowest BCUT2D eigenvalue weighted by atomic mass is 10.1. The Kier molecular flexibility index (Phi) is 5.38. The summed E-state index contributed by atoms with van der Waals surface area (Å²) in [4.78, 5) is 0. The van der Waals surface area contributed by atoms with Crippen LogP contribution in [-0.2, 0) is 17.7 Å². The fourth-order valence-electron chi connectivity index (χ4n) is 2.43. The first-order valence-electron chi connectivity index (χ1n) is 7.07. The van der Waals surface area contributed by atoms with Gasteiger partial charge in [0, 0.05) is 13.0 Å². The summed E-state index contributed by atoms with van der Waals surface area (Å²) >= 11 is 5.30. The molecule has 1 atom stereocenters. The number of aromatic nitrogens is 3. The van der Waals surface area contributed by atoms with E-state index in [0.29, 0.717) is 6.10 Å². The number of rotatable bonds is 7. The van der Waals surface area contributed by atoms with Crippen molar-refractivity contribution in [3.8, 4) is 0 Å². The highest BCUT2D eigenvalue weighted by Gasteiger charge is 2.18. The van der Waals surface area contributed by atoms with Crippen LogP contribution in [0.5, 0.6) is 0 Å². The zero-order valence-corrected chi connectivity index (χ0v) is 12.0. The van der Waals surface area contributed by atoms with Gasteiger partial charge in [-0.3, -0.25) is 5.10 Å². The molecule has 0 spiro atoms. The zero-order chi connectivity index (χ0) is 12.8. The minimum absolute atomic E-state index is 0.323. The molecule has 0 unspecified atom stereocenters. The monoisotopic (exact) mass is 269 g/mol. The van der Waals surface area contributed by atoms with Gasteiger partial charge in [-0.1, -0.05) is 26.2 Å². The van der Waals surface area contributed by atoms with Gasteiger partial charge >= 0.3 is 0 Å². The molecular formula is C13H23N3OS. The molecule has 0 bridgehead atoms. The van der Waals surface area contributed by atoms with Crippen LogP contribution < -0.4 is 0 Å². The van der Waals surface area contributed by atoms with Crippen LogP contribution in [0.1, 0.15) is 51.3 Å². The molecule has 0 aromatic carbocycles. The van der Waals surface area contributed by atoms with Crippen molar-refractivity contribution < 1.29 is 4.74 Å². The van der Waals surface area contributed by atoms with E-state index in [1.165, 1.54) is 32.1 Å². The minimum Gasteiger partial charge on any atom is -0.376 e. The highest BCUT2D eigenvalue weighted by atomic mass is 32.1. The first kappa shape index (κ1) is 13.7. The average molecular weight is 269 g/mol. The molecule has 0 radical (unpaired) electrons. The van der Waals surface area contributed by atoms with E-state index in [0.717, 1.165) is 36.6 Å². The van der Waals surface area contributed by atoms with Crippen LogP contribution in [0.4, 0.5) is 0 Å². The van der Waals surface area contributed by atoms with E-state index < -0.39 is 0 Å². The molecule has 0 saturated carbocycles. The van der Waals surface area contributed by atoms with Crippen molar-refractivity contribution in [2.24, 2.45) is 0 Å². The second kappa shape index (κ2) is 7.04. The van der Waals surface area contributed by atoms with Crippen molar-refractivity contribution in [3.05, 3.63) is 10.6 Å². The van der Waals surface area contributed by atoms with Gasteiger partial charge in [-0.25, -0.2) is 0 Å². The standard InChI is InChI=1S/C13H23N3OS/c1-2-3-4-5-8-12-14-15-13(18)16(12)10-11-7-6-9-17-11/h11H,2-10H2,1H3,(H,15,18)/t11-/m1/s1. The van der Waals surface area contributed by atoms with Crippen molar-refractivity contribution >= 4 is 12.2 Å². The average Bonchev–Trinajstić information content (AvgIpc) is 2.99. The maximum atomic E-state index is 5.67. The molecule has 2 heterocycles. The first-order chi connectivity index (χ1) is 8.81. The Morgan fingerprint density at radius 1 is 1.44 bits per heavy atom. The number of unbranched alkanes of at least 4 members (excludes halogenated alkanes) is 3. The number of hydrogen-bond acceptors (Lipinski definition) is 3. The Morgan fingerprint density at radius 2 is 2.33 bits per heavy atom. The highest BCUT2D eigenvalue weighted by molar-refractivity contribution is 7.71. The zero-order valence-electron chi connectivity index (χ0n) is 11.2. The number of aryl methyl sites for hydroxylation is 1. The third-order valence-electron chi connectivity index (χ3n) is 3.50. The SMILES string of the molecule is CCCCCCc1n[nH]c(=S)n1C[C@H]1CCCO1. The lowest BCUT2D eigenvalue weighted by molar-refractivity contribution is 0.0958. The van der Waals surface area contributed by atoms with E-state index >= 15 is 0 Å². The van der Waals surface area contributed by atoms with Gasteiger partial charge in [0.2, 0.25) is 0 Å². The predicted octanol–water partition coefficient (Wildman–Crippen LogP) is 3.24. The van der Waals surface area contributed by atoms with E-state index in [-0.39, 0.29) is 0 Å². The fourth-order valence-corrected chi connectivity index (χ4v) is 2.66. The van der Waals surface area contributed by atoms with E-state index in [1.807, 2.05) is 0 Å². The Balaban J connectivity index is 1.91. The van der Waals surface area contributed by atoms with Crippen LogP contribution in [0.25, 0.3) is 0 Å². The number of H-pyrrole nitrogens is 1. The number of hydrogen-bond donors (Lipinski definition) is 1. The van der Waals surface area contributed by atoms with Gasteiger partial charge < -0.3 is 9.30 Å². The first-order valence-corrected chi connectivity index (χ1v) is 7.47. The van der Waals surface area contributed by atoms with Crippen LogP contribution in [-0.4, -0.2) is 27.5 Å². The Bertz CT molecular complexity index is 407. The van der Waals surface area contributed by atoms with E-state index in [4.69, 9.17) is 17.0 Å². The molecule has 1 aromatic heterocycles. The van der Waals surface area contributed by atoms with Crippen LogP contribution in [0, 0.1) is 4.77 Å². The van der Waals surface area contributed by atoms with Gasteiger partial charge in [-0.15, -0.1) is 0 Å². The molecule has 0 aliphatic carbocycles. The molecule has 0 amide bonds. The molecular weight excluding hydrogens is 246 g/mol. The fraction of sp³-hybridized carbons (Fsp3) is 0.846. The topological polar surface area (TPSA) is 42.8 Å². The molecule has 2 rings (SSSR count). The summed E-state index contributed by atoms with van der Waals surface area (Å²) in [5.74, 6) is 1.09. The van der Waals surface area contributed by atoms with Crippen LogP contribution in [0.15, 0.2) is 0 Å². The molecule has 18 heavy (non-hydrogen) atoms. The minimum atomic E-state index is 0.323. The van der Waals surface area contributed by atoms with Gasteiger partial charge in [0.1, 0.15) is 5.82 Å². The summed E-state index contributed by atoms with van der Waals surface area (Å²) in [6.07, 6.45) is 8.68. The molecule has 1 N–H and O–H groups in total. The predicted molar refractivity (Wildman–Crippen MR) is 74.2 cm³/mol. The summed E-state index contributed by atoms with van der Waals surface area (Å²) in [5.41, 5.74) is 0.